The number of unbranched alkanes of at least 4 members (excludes halogenated alkanes) is 32. The quantitative estimate of drug-likeness (QED) is 0.0261. The molecule has 0 spiro atoms. The van der Waals surface area contributed by atoms with Crippen LogP contribution in [-0.2, 0) is 14.3 Å². The zero-order valence-corrected chi connectivity index (χ0v) is 47.1. The molecule has 73 heavy (non-hydrogen) atoms. The second-order valence-corrected chi connectivity index (χ2v) is 21.1. The summed E-state index contributed by atoms with van der Waals surface area (Å²) >= 11 is 0. The van der Waals surface area contributed by atoms with E-state index < -0.39 is 49.5 Å². The number of carbonyl (C=O) groups excluding carboxylic acids is 1. The first-order valence-corrected chi connectivity index (χ1v) is 30.7. The van der Waals surface area contributed by atoms with Crippen molar-refractivity contribution in [2.45, 2.75) is 314 Å². The summed E-state index contributed by atoms with van der Waals surface area (Å²) in [5.41, 5.74) is 0. The highest BCUT2D eigenvalue weighted by atomic mass is 16.7. The predicted molar refractivity (Wildman–Crippen MR) is 309 cm³/mol. The van der Waals surface area contributed by atoms with Crippen molar-refractivity contribution in [2.75, 3.05) is 13.2 Å². The molecule has 9 nitrogen and oxygen atoms in total. The normalized spacial score (nSPS) is 19.6. The first-order chi connectivity index (χ1) is 35.8. The van der Waals surface area contributed by atoms with E-state index in [1.54, 1.807) is 6.08 Å². The van der Waals surface area contributed by atoms with E-state index >= 15 is 0 Å². The molecular weight excluding hydrogens is 911 g/mol. The number of hydrogen-bond acceptors (Lipinski definition) is 8. The lowest BCUT2D eigenvalue weighted by Crippen LogP contribution is -2.60. The van der Waals surface area contributed by atoms with Crippen molar-refractivity contribution in [1.82, 2.24) is 5.32 Å². The first-order valence-electron chi connectivity index (χ1n) is 30.7. The van der Waals surface area contributed by atoms with Crippen molar-refractivity contribution in [3.63, 3.8) is 0 Å². The van der Waals surface area contributed by atoms with E-state index in [-0.39, 0.29) is 12.5 Å². The SMILES string of the molecule is CC/C=C\C/C=C\C/C=C\C/C=C\CCCCCCCCCCCCCCCCCCCCC(=O)NC(COC1OC(CO)C(O)C(O)C1O)C(O)/C=C/CC/C=C/CCCCCCCCCCCCCCC. The van der Waals surface area contributed by atoms with Gasteiger partial charge in [0, 0.05) is 6.42 Å². The summed E-state index contributed by atoms with van der Waals surface area (Å²) in [6.07, 6.45) is 66.9. The van der Waals surface area contributed by atoms with E-state index in [0.717, 1.165) is 64.2 Å². The largest absolute Gasteiger partial charge is 0.394 e. The van der Waals surface area contributed by atoms with Crippen molar-refractivity contribution in [2.24, 2.45) is 0 Å². The van der Waals surface area contributed by atoms with Gasteiger partial charge in [0.1, 0.15) is 24.4 Å². The fourth-order valence-corrected chi connectivity index (χ4v) is 9.46. The van der Waals surface area contributed by atoms with Crippen LogP contribution < -0.4 is 5.32 Å². The van der Waals surface area contributed by atoms with E-state index in [2.05, 4.69) is 79.9 Å². The maximum absolute atomic E-state index is 13.1. The van der Waals surface area contributed by atoms with Gasteiger partial charge >= 0.3 is 0 Å². The molecule has 1 aliphatic heterocycles. The summed E-state index contributed by atoms with van der Waals surface area (Å²) in [5, 5.41) is 54.5. The number of aliphatic hydroxyl groups excluding tert-OH is 5. The molecule has 0 radical (unpaired) electrons. The van der Waals surface area contributed by atoms with Gasteiger partial charge in [-0.3, -0.25) is 4.79 Å². The van der Waals surface area contributed by atoms with E-state index in [0.29, 0.717) is 6.42 Å². The molecule has 424 valence electrons. The molecule has 0 saturated carbocycles. The molecule has 1 rings (SSSR count). The molecule has 1 amide bonds. The van der Waals surface area contributed by atoms with Gasteiger partial charge in [-0.1, -0.05) is 267 Å². The van der Waals surface area contributed by atoms with Crippen LogP contribution in [0.3, 0.4) is 0 Å². The van der Waals surface area contributed by atoms with Gasteiger partial charge in [-0.25, -0.2) is 0 Å². The third-order valence-electron chi connectivity index (χ3n) is 14.3. The maximum atomic E-state index is 13.1. The number of aliphatic hydroxyl groups is 5. The van der Waals surface area contributed by atoms with Crippen molar-refractivity contribution < 1.29 is 39.8 Å². The fraction of sp³-hybridized carbons (Fsp3) is 0.797. The minimum atomic E-state index is -1.57. The Labute approximate surface area is 448 Å². The van der Waals surface area contributed by atoms with Gasteiger partial charge < -0.3 is 40.3 Å². The topological polar surface area (TPSA) is 149 Å². The van der Waals surface area contributed by atoms with Gasteiger partial charge in [0.25, 0.3) is 0 Å². The van der Waals surface area contributed by atoms with E-state index in [1.165, 1.54) is 186 Å². The van der Waals surface area contributed by atoms with Crippen LogP contribution in [0.4, 0.5) is 0 Å². The Morgan fingerprint density at radius 1 is 0.479 bits per heavy atom. The Kier molecular flexibility index (Phi) is 49.9. The van der Waals surface area contributed by atoms with Crippen molar-refractivity contribution in [3.05, 3.63) is 72.9 Å². The molecule has 0 aromatic heterocycles. The number of hydrogen-bond donors (Lipinski definition) is 6. The van der Waals surface area contributed by atoms with Crippen molar-refractivity contribution in [3.8, 4) is 0 Å². The van der Waals surface area contributed by atoms with Crippen LogP contribution in [0, 0.1) is 0 Å². The summed E-state index contributed by atoms with van der Waals surface area (Å²) in [6.45, 7) is 3.67. The molecule has 7 atom stereocenters. The number of nitrogens with one attached hydrogen (secondary N) is 1. The summed E-state index contributed by atoms with van der Waals surface area (Å²) in [7, 11) is 0. The lowest BCUT2D eigenvalue weighted by atomic mass is 9.99. The zero-order chi connectivity index (χ0) is 52.9. The van der Waals surface area contributed by atoms with Gasteiger partial charge in [0.2, 0.25) is 5.91 Å². The standard InChI is InChI=1S/C64H115NO8/c1-3-5-7-9-11-13-15-17-19-21-23-24-25-26-27-28-29-30-31-32-33-34-36-38-40-42-44-46-48-50-52-54-60(68)65-57(56-72-64-63(71)62(70)61(69)59(55-66)73-64)58(67)53-51-49-47-45-43-41-39-37-35-22-20-18-16-14-12-10-8-6-4-2/h5,7,11,13,17,19,23-24,43,45,51,53,57-59,61-64,66-67,69-71H,3-4,6,8-10,12,14-16,18,20-22,25-42,44,46-50,52,54-56H2,1-2H3,(H,65,68)/b7-5-,13-11-,19-17-,24-23-,45-43+,53-51+. The Morgan fingerprint density at radius 3 is 1.32 bits per heavy atom. The molecule has 1 saturated heterocycles. The first kappa shape index (κ1) is 68.6. The Hall–Kier alpha value is -2.37. The summed E-state index contributed by atoms with van der Waals surface area (Å²) in [6, 6.07) is -0.824. The predicted octanol–water partition coefficient (Wildman–Crippen LogP) is 15.6. The molecular formula is C64H115NO8. The van der Waals surface area contributed by atoms with Gasteiger partial charge in [0.05, 0.1) is 25.4 Å². The van der Waals surface area contributed by atoms with Crippen molar-refractivity contribution >= 4 is 5.91 Å². The fourth-order valence-electron chi connectivity index (χ4n) is 9.46. The van der Waals surface area contributed by atoms with Crippen LogP contribution in [0.15, 0.2) is 72.9 Å². The molecule has 0 aromatic carbocycles. The molecule has 6 N–H and O–H groups in total. The zero-order valence-electron chi connectivity index (χ0n) is 47.1. The van der Waals surface area contributed by atoms with E-state index in [1.807, 2.05) is 6.08 Å². The third-order valence-corrected chi connectivity index (χ3v) is 14.3. The van der Waals surface area contributed by atoms with Gasteiger partial charge in [0.15, 0.2) is 6.29 Å². The molecule has 9 heteroatoms. The highest BCUT2D eigenvalue weighted by Gasteiger charge is 2.44. The maximum Gasteiger partial charge on any atom is 0.220 e. The van der Waals surface area contributed by atoms with Gasteiger partial charge in [-0.15, -0.1) is 0 Å². The van der Waals surface area contributed by atoms with E-state index in [9.17, 15) is 30.3 Å². The van der Waals surface area contributed by atoms with E-state index in [4.69, 9.17) is 9.47 Å². The highest BCUT2D eigenvalue weighted by molar-refractivity contribution is 5.76. The molecule has 0 bridgehead atoms. The smallest absolute Gasteiger partial charge is 0.220 e. The lowest BCUT2D eigenvalue weighted by molar-refractivity contribution is -0.302. The number of carbonyl (C=O) groups is 1. The summed E-state index contributed by atoms with van der Waals surface area (Å²) in [4.78, 5) is 13.1. The second-order valence-electron chi connectivity index (χ2n) is 21.1. The second kappa shape index (κ2) is 53.0. The van der Waals surface area contributed by atoms with Crippen LogP contribution in [0.25, 0.3) is 0 Å². The minimum absolute atomic E-state index is 0.185. The third kappa shape index (κ3) is 42.4. The number of allylic oxidation sites excluding steroid dienone is 11. The van der Waals surface area contributed by atoms with Crippen LogP contribution >= 0.6 is 0 Å². The van der Waals surface area contributed by atoms with Crippen molar-refractivity contribution in [1.29, 1.82) is 0 Å². The number of rotatable bonds is 52. The van der Waals surface area contributed by atoms with Gasteiger partial charge in [-0.2, -0.15) is 0 Å². The van der Waals surface area contributed by atoms with Crippen LogP contribution in [0.2, 0.25) is 0 Å². The Balaban J connectivity index is 2.17. The molecule has 1 fully saturated rings. The summed E-state index contributed by atoms with van der Waals surface area (Å²) in [5.74, 6) is -0.185. The van der Waals surface area contributed by atoms with Crippen LogP contribution in [0.5, 0.6) is 0 Å². The Morgan fingerprint density at radius 2 is 0.863 bits per heavy atom. The monoisotopic (exact) mass is 1030 g/mol. The molecule has 1 aliphatic rings. The van der Waals surface area contributed by atoms with Crippen LogP contribution in [0.1, 0.15) is 271 Å². The highest BCUT2D eigenvalue weighted by Crippen LogP contribution is 2.23. The molecule has 0 aromatic rings. The van der Waals surface area contributed by atoms with Gasteiger partial charge in [-0.05, 0) is 70.6 Å². The average molecular weight is 1030 g/mol. The van der Waals surface area contributed by atoms with Crippen LogP contribution in [-0.4, -0.2) is 87.5 Å². The molecule has 1 heterocycles. The number of amides is 1. The molecule has 0 aliphatic carbocycles. The molecule has 7 unspecified atom stereocenters. The Bertz CT molecular complexity index is 1380. The number of ether oxygens (including phenoxy) is 2. The minimum Gasteiger partial charge on any atom is -0.394 e. The summed E-state index contributed by atoms with van der Waals surface area (Å²) < 4.78 is 11.3. The lowest BCUT2D eigenvalue weighted by Gasteiger charge is -2.40. The average Bonchev–Trinajstić information content (AvgIpc) is 3.39.